The van der Waals surface area contributed by atoms with E-state index in [1.807, 2.05) is 78.9 Å². The summed E-state index contributed by atoms with van der Waals surface area (Å²) in [6.07, 6.45) is 2.78. The molecule has 166 valence electrons. The van der Waals surface area contributed by atoms with Gasteiger partial charge in [-0.3, -0.25) is 4.79 Å². The van der Waals surface area contributed by atoms with Crippen LogP contribution in [0.4, 0.5) is 0 Å². The van der Waals surface area contributed by atoms with E-state index >= 15 is 0 Å². The molecular formula is C27H28O5. The van der Waals surface area contributed by atoms with Crippen molar-refractivity contribution in [3.8, 4) is 17.2 Å². The molecule has 0 bridgehead atoms. The Bertz CT molecular complexity index is 1020. The van der Waals surface area contributed by atoms with Gasteiger partial charge in [0.15, 0.2) is 11.5 Å². The molecule has 3 rings (SSSR count). The number of esters is 1. The van der Waals surface area contributed by atoms with E-state index in [-0.39, 0.29) is 12.4 Å². The lowest BCUT2D eigenvalue weighted by Crippen LogP contribution is -2.08. The quantitative estimate of drug-likeness (QED) is 0.316. The monoisotopic (exact) mass is 432 g/mol. The highest BCUT2D eigenvalue weighted by Crippen LogP contribution is 2.39. The number of rotatable bonds is 10. The molecule has 32 heavy (non-hydrogen) atoms. The largest absolute Gasteiger partial charge is 0.493 e. The average molecular weight is 433 g/mol. The summed E-state index contributed by atoms with van der Waals surface area (Å²) in [4.78, 5) is 12.6. The minimum Gasteiger partial charge on any atom is -0.493 e. The number of methoxy groups -OCH3 is 3. The summed E-state index contributed by atoms with van der Waals surface area (Å²) >= 11 is 0. The number of ether oxygens (including phenoxy) is 4. The molecule has 0 aliphatic carbocycles. The van der Waals surface area contributed by atoms with E-state index in [0.717, 1.165) is 22.3 Å². The van der Waals surface area contributed by atoms with Crippen molar-refractivity contribution in [3.05, 3.63) is 89.5 Å². The predicted molar refractivity (Wildman–Crippen MR) is 126 cm³/mol. The third-order valence-corrected chi connectivity index (χ3v) is 5.00. The van der Waals surface area contributed by atoms with Gasteiger partial charge in [-0.2, -0.15) is 0 Å². The van der Waals surface area contributed by atoms with Gasteiger partial charge in [0.1, 0.15) is 0 Å². The van der Waals surface area contributed by atoms with Crippen molar-refractivity contribution in [2.75, 3.05) is 27.9 Å². The highest BCUT2D eigenvalue weighted by molar-refractivity contribution is 5.92. The van der Waals surface area contributed by atoms with Crippen molar-refractivity contribution >= 4 is 17.6 Å². The Kier molecular flexibility index (Phi) is 8.32. The Morgan fingerprint density at radius 1 is 0.812 bits per heavy atom. The third-order valence-electron chi connectivity index (χ3n) is 5.00. The molecule has 0 saturated heterocycles. The Labute approximate surface area is 189 Å². The molecule has 0 aliphatic heterocycles. The van der Waals surface area contributed by atoms with Crippen LogP contribution in [-0.2, 0) is 16.0 Å². The van der Waals surface area contributed by atoms with E-state index < -0.39 is 0 Å². The fourth-order valence-electron chi connectivity index (χ4n) is 3.41. The van der Waals surface area contributed by atoms with E-state index in [1.165, 1.54) is 0 Å². The molecule has 0 aliphatic rings. The van der Waals surface area contributed by atoms with Crippen molar-refractivity contribution in [2.45, 2.75) is 12.8 Å². The van der Waals surface area contributed by atoms with Crippen molar-refractivity contribution < 1.29 is 23.7 Å². The van der Waals surface area contributed by atoms with E-state index in [1.54, 1.807) is 21.3 Å². The summed E-state index contributed by atoms with van der Waals surface area (Å²) in [6, 6.07) is 23.4. The standard InChI is InChI=1S/C27H28O5/c1-29-24-17-21(18-25(30-2)27(24)31-3)16-23(22-12-8-5-9-13-22)19-26(28)32-15-14-20-10-6-4-7-11-20/h4-13,16-18H,14-15,19H2,1-3H3/b23-16-. The summed E-state index contributed by atoms with van der Waals surface area (Å²) in [5, 5.41) is 0. The first-order chi connectivity index (χ1) is 15.6. The number of benzene rings is 3. The van der Waals surface area contributed by atoms with E-state index in [4.69, 9.17) is 18.9 Å². The number of carbonyl (C=O) groups excluding carboxylic acids is 1. The highest BCUT2D eigenvalue weighted by Gasteiger charge is 2.15. The minimum absolute atomic E-state index is 0.148. The zero-order valence-corrected chi connectivity index (χ0v) is 18.7. The Morgan fingerprint density at radius 3 is 1.97 bits per heavy atom. The SMILES string of the molecule is COc1cc(/C=C(/CC(=O)OCCc2ccccc2)c2ccccc2)cc(OC)c1OC. The number of carbonyl (C=O) groups is 1. The normalized spacial score (nSPS) is 11.0. The topological polar surface area (TPSA) is 54.0 Å². The van der Waals surface area contributed by atoms with Crippen LogP contribution in [0.5, 0.6) is 17.2 Å². The lowest BCUT2D eigenvalue weighted by molar-refractivity contribution is -0.142. The fourth-order valence-corrected chi connectivity index (χ4v) is 3.41. The molecule has 3 aromatic rings. The maximum absolute atomic E-state index is 12.6. The van der Waals surface area contributed by atoms with Gasteiger partial charge in [0.05, 0.1) is 34.4 Å². The molecule has 0 heterocycles. The molecule has 0 N–H and O–H groups in total. The minimum atomic E-state index is -0.275. The molecule has 5 heteroatoms. The Morgan fingerprint density at radius 2 is 1.41 bits per heavy atom. The highest BCUT2D eigenvalue weighted by atomic mass is 16.5. The third kappa shape index (κ3) is 6.14. The second kappa shape index (κ2) is 11.6. The van der Waals surface area contributed by atoms with Gasteiger partial charge in [0.25, 0.3) is 0 Å². The van der Waals surface area contributed by atoms with Crippen LogP contribution >= 0.6 is 0 Å². The predicted octanol–water partition coefficient (Wildman–Crippen LogP) is 5.43. The van der Waals surface area contributed by atoms with Gasteiger partial charge in [-0.15, -0.1) is 0 Å². The number of hydrogen-bond donors (Lipinski definition) is 0. The van der Waals surface area contributed by atoms with Gasteiger partial charge in [-0.1, -0.05) is 66.7 Å². The van der Waals surface area contributed by atoms with Gasteiger partial charge in [0, 0.05) is 6.42 Å². The first-order valence-electron chi connectivity index (χ1n) is 10.4. The van der Waals surface area contributed by atoms with Gasteiger partial charge < -0.3 is 18.9 Å². The van der Waals surface area contributed by atoms with E-state index in [0.29, 0.717) is 30.3 Å². The van der Waals surface area contributed by atoms with Crippen LogP contribution in [0.25, 0.3) is 11.6 Å². The molecule has 0 spiro atoms. The fraction of sp³-hybridized carbons (Fsp3) is 0.222. The maximum Gasteiger partial charge on any atom is 0.310 e. The lowest BCUT2D eigenvalue weighted by atomic mass is 9.99. The van der Waals surface area contributed by atoms with E-state index in [2.05, 4.69) is 0 Å². The molecule has 3 aromatic carbocycles. The molecule has 0 unspecified atom stereocenters. The molecular weight excluding hydrogens is 404 g/mol. The summed E-state index contributed by atoms with van der Waals surface area (Å²) in [7, 11) is 4.72. The molecule has 0 saturated carbocycles. The first-order valence-corrected chi connectivity index (χ1v) is 10.4. The van der Waals surface area contributed by atoms with Crippen LogP contribution < -0.4 is 14.2 Å². The molecule has 0 fully saturated rings. The summed E-state index contributed by atoms with van der Waals surface area (Å²) in [5.74, 6) is 1.35. The zero-order chi connectivity index (χ0) is 22.8. The molecule has 0 radical (unpaired) electrons. The zero-order valence-electron chi connectivity index (χ0n) is 18.7. The van der Waals surface area contributed by atoms with Gasteiger partial charge in [0.2, 0.25) is 5.75 Å². The second-order valence-electron chi connectivity index (χ2n) is 7.13. The van der Waals surface area contributed by atoms with E-state index in [9.17, 15) is 4.79 Å². The average Bonchev–Trinajstić information content (AvgIpc) is 2.84. The van der Waals surface area contributed by atoms with Crippen LogP contribution in [0, 0.1) is 0 Å². The van der Waals surface area contributed by atoms with Gasteiger partial charge in [-0.05, 0) is 34.4 Å². The Hall–Kier alpha value is -3.73. The van der Waals surface area contributed by atoms with Crippen molar-refractivity contribution in [3.63, 3.8) is 0 Å². The van der Waals surface area contributed by atoms with Crippen LogP contribution in [0.1, 0.15) is 23.1 Å². The molecule has 0 atom stereocenters. The van der Waals surface area contributed by atoms with Crippen LogP contribution in [0.2, 0.25) is 0 Å². The smallest absolute Gasteiger partial charge is 0.310 e. The number of hydrogen-bond acceptors (Lipinski definition) is 5. The van der Waals surface area contributed by atoms with Crippen LogP contribution in [0.3, 0.4) is 0 Å². The second-order valence-corrected chi connectivity index (χ2v) is 7.13. The van der Waals surface area contributed by atoms with Crippen LogP contribution in [0.15, 0.2) is 72.8 Å². The first kappa shape index (κ1) is 22.9. The molecule has 5 nitrogen and oxygen atoms in total. The van der Waals surface area contributed by atoms with Crippen LogP contribution in [-0.4, -0.2) is 33.9 Å². The Balaban J connectivity index is 1.82. The molecule has 0 amide bonds. The van der Waals surface area contributed by atoms with Crippen molar-refractivity contribution in [2.24, 2.45) is 0 Å². The summed E-state index contributed by atoms with van der Waals surface area (Å²) in [6.45, 7) is 0.342. The summed E-state index contributed by atoms with van der Waals surface area (Å²) < 4.78 is 21.8. The lowest BCUT2D eigenvalue weighted by Gasteiger charge is -2.14. The van der Waals surface area contributed by atoms with Gasteiger partial charge in [-0.25, -0.2) is 0 Å². The van der Waals surface area contributed by atoms with Crippen molar-refractivity contribution in [1.82, 2.24) is 0 Å². The van der Waals surface area contributed by atoms with Gasteiger partial charge >= 0.3 is 5.97 Å². The van der Waals surface area contributed by atoms with Crippen molar-refractivity contribution in [1.29, 1.82) is 0 Å². The summed E-state index contributed by atoms with van der Waals surface area (Å²) in [5.41, 5.74) is 3.75. The molecule has 0 aromatic heterocycles. The maximum atomic E-state index is 12.6.